The number of aryl methyl sites for hydroxylation is 1. The van der Waals surface area contributed by atoms with Crippen LogP contribution in [0.1, 0.15) is 34.5 Å². The second-order valence-electron chi connectivity index (χ2n) is 5.95. The minimum atomic E-state index is -3.85. The number of anilines is 1. The van der Waals surface area contributed by atoms with Crippen molar-refractivity contribution in [3.63, 3.8) is 0 Å². The minimum Gasteiger partial charge on any atom is -0.296 e. The number of aromatic nitrogens is 2. The molecule has 2 N–H and O–H groups in total. The molecule has 0 bridgehead atoms. The van der Waals surface area contributed by atoms with Gasteiger partial charge in [0.25, 0.3) is 15.9 Å². The fraction of sp³-hybridized carbons (Fsp3) is 0.167. The van der Waals surface area contributed by atoms with E-state index in [1.54, 1.807) is 37.3 Å². The molecule has 1 heterocycles. The highest BCUT2D eigenvalue weighted by Gasteiger charge is 2.23. The van der Waals surface area contributed by atoms with Crippen molar-refractivity contribution in [3.05, 3.63) is 71.3 Å². The molecule has 1 amide bonds. The number of hydrogen-bond acceptors (Lipinski definition) is 6. The normalized spacial score (nSPS) is 12.5. The monoisotopic (exact) mass is 402 g/mol. The zero-order chi connectivity index (χ0) is 19.4. The van der Waals surface area contributed by atoms with E-state index >= 15 is 0 Å². The van der Waals surface area contributed by atoms with Gasteiger partial charge in [0.05, 0.1) is 0 Å². The lowest BCUT2D eigenvalue weighted by molar-refractivity contribution is 0.102. The number of nitrogens with zero attached hydrogens (tertiary/aromatic N) is 2. The van der Waals surface area contributed by atoms with Crippen LogP contribution in [0.5, 0.6) is 0 Å². The van der Waals surface area contributed by atoms with E-state index in [-0.39, 0.29) is 15.4 Å². The predicted octanol–water partition coefficient (Wildman–Crippen LogP) is 3.14. The van der Waals surface area contributed by atoms with E-state index in [1.807, 2.05) is 31.2 Å². The van der Waals surface area contributed by atoms with Gasteiger partial charge in [0.15, 0.2) is 0 Å². The van der Waals surface area contributed by atoms with E-state index in [0.29, 0.717) is 5.56 Å². The van der Waals surface area contributed by atoms with Crippen LogP contribution in [-0.2, 0) is 10.0 Å². The molecule has 0 unspecified atom stereocenters. The van der Waals surface area contributed by atoms with Gasteiger partial charge in [0.2, 0.25) is 9.47 Å². The zero-order valence-corrected chi connectivity index (χ0v) is 16.3. The third kappa shape index (κ3) is 4.76. The summed E-state index contributed by atoms with van der Waals surface area (Å²) >= 11 is 0.798. The second-order valence-corrected chi connectivity index (χ2v) is 8.81. The summed E-state index contributed by atoms with van der Waals surface area (Å²) in [6, 6.07) is 15.7. The lowest BCUT2D eigenvalue weighted by Crippen LogP contribution is -2.26. The Bertz CT molecular complexity index is 1030. The number of rotatable bonds is 6. The molecule has 0 aliphatic heterocycles. The van der Waals surface area contributed by atoms with Gasteiger partial charge < -0.3 is 0 Å². The summed E-state index contributed by atoms with van der Waals surface area (Å²) in [5.74, 6) is -0.378. The van der Waals surface area contributed by atoms with Crippen LogP contribution in [0, 0.1) is 6.92 Å². The number of carbonyl (C=O) groups excluding carboxylic acids is 1. The smallest absolute Gasteiger partial charge is 0.270 e. The van der Waals surface area contributed by atoms with Gasteiger partial charge in [-0.3, -0.25) is 10.1 Å². The van der Waals surface area contributed by atoms with Crippen molar-refractivity contribution in [2.24, 2.45) is 0 Å². The largest absolute Gasteiger partial charge is 0.296 e. The first-order chi connectivity index (χ1) is 12.8. The minimum absolute atomic E-state index is 0.118. The molecule has 1 aromatic heterocycles. The fourth-order valence-electron chi connectivity index (χ4n) is 2.33. The molecule has 1 atom stereocenters. The van der Waals surface area contributed by atoms with Crippen LogP contribution in [0.3, 0.4) is 0 Å². The van der Waals surface area contributed by atoms with E-state index in [4.69, 9.17) is 0 Å². The Morgan fingerprint density at radius 3 is 2.37 bits per heavy atom. The van der Waals surface area contributed by atoms with Gasteiger partial charge in [-0.1, -0.05) is 59.4 Å². The van der Waals surface area contributed by atoms with E-state index < -0.39 is 16.1 Å². The van der Waals surface area contributed by atoms with Crippen LogP contribution in [-0.4, -0.2) is 24.5 Å². The van der Waals surface area contributed by atoms with E-state index in [9.17, 15) is 13.2 Å². The number of benzene rings is 2. The van der Waals surface area contributed by atoms with Crippen LogP contribution in [0.2, 0.25) is 0 Å². The molecule has 0 aliphatic carbocycles. The van der Waals surface area contributed by atoms with Crippen molar-refractivity contribution in [3.8, 4) is 0 Å². The number of amides is 1. The van der Waals surface area contributed by atoms with Gasteiger partial charge in [-0.25, -0.2) is 13.1 Å². The molecule has 9 heteroatoms. The second kappa shape index (κ2) is 7.95. The maximum Gasteiger partial charge on any atom is 0.270 e. The summed E-state index contributed by atoms with van der Waals surface area (Å²) in [5.41, 5.74) is 2.38. The Labute approximate surface area is 161 Å². The maximum absolute atomic E-state index is 12.5. The molecule has 7 nitrogen and oxygen atoms in total. The summed E-state index contributed by atoms with van der Waals surface area (Å²) in [6.45, 7) is 3.71. The first kappa shape index (κ1) is 19.2. The van der Waals surface area contributed by atoms with Gasteiger partial charge >= 0.3 is 0 Å². The molecule has 27 heavy (non-hydrogen) atoms. The van der Waals surface area contributed by atoms with E-state index in [0.717, 1.165) is 22.5 Å². The van der Waals surface area contributed by atoms with Crippen LogP contribution >= 0.6 is 11.3 Å². The SMILES string of the molecule is Cc1ccc([C@H](C)NS(=O)(=O)c2nnc(NC(=O)c3ccccc3)s2)cc1. The Kier molecular flexibility index (Phi) is 5.64. The molecular weight excluding hydrogens is 384 g/mol. The molecule has 0 fully saturated rings. The molecule has 0 saturated heterocycles. The third-order valence-corrected chi connectivity index (χ3v) is 6.55. The summed E-state index contributed by atoms with van der Waals surface area (Å²) in [7, 11) is -3.85. The summed E-state index contributed by atoms with van der Waals surface area (Å²) in [4.78, 5) is 12.1. The molecule has 2 aromatic carbocycles. The first-order valence-electron chi connectivity index (χ1n) is 8.14. The van der Waals surface area contributed by atoms with Crippen molar-refractivity contribution in [2.45, 2.75) is 24.2 Å². The molecular formula is C18H18N4O3S2. The van der Waals surface area contributed by atoms with Crippen molar-refractivity contribution < 1.29 is 13.2 Å². The fourth-order valence-corrected chi connectivity index (χ4v) is 4.48. The average molecular weight is 403 g/mol. The molecule has 3 aromatic rings. The summed E-state index contributed by atoms with van der Waals surface area (Å²) in [6.07, 6.45) is 0. The van der Waals surface area contributed by atoms with Crippen molar-refractivity contribution in [1.29, 1.82) is 0 Å². The Morgan fingerprint density at radius 2 is 1.70 bits per heavy atom. The van der Waals surface area contributed by atoms with Gasteiger partial charge in [-0.15, -0.1) is 10.2 Å². The highest BCUT2D eigenvalue weighted by atomic mass is 32.2. The molecule has 0 aliphatic rings. The van der Waals surface area contributed by atoms with E-state index in [1.165, 1.54) is 0 Å². The van der Waals surface area contributed by atoms with Crippen molar-refractivity contribution >= 4 is 32.4 Å². The standard InChI is InChI=1S/C18H18N4O3S2/c1-12-8-10-14(11-9-12)13(2)22-27(24,25)18-21-20-17(26-18)19-16(23)15-6-4-3-5-7-15/h3-11,13,22H,1-2H3,(H,19,20,23)/t13-/m0/s1. The maximum atomic E-state index is 12.5. The highest BCUT2D eigenvalue weighted by Crippen LogP contribution is 2.23. The van der Waals surface area contributed by atoms with Gasteiger partial charge in [-0.05, 0) is 31.5 Å². The summed E-state index contributed by atoms with van der Waals surface area (Å²) in [5, 5.41) is 10.1. The molecule has 140 valence electrons. The number of hydrogen-bond donors (Lipinski definition) is 2. The quantitative estimate of drug-likeness (QED) is 0.617. The average Bonchev–Trinajstić information content (AvgIpc) is 3.12. The molecule has 0 spiro atoms. The number of sulfonamides is 1. The van der Waals surface area contributed by atoms with Crippen LogP contribution in [0.15, 0.2) is 58.9 Å². The van der Waals surface area contributed by atoms with Crippen molar-refractivity contribution in [2.75, 3.05) is 5.32 Å². The van der Waals surface area contributed by atoms with Crippen LogP contribution < -0.4 is 10.0 Å². The lowest BCUT2D eigenvalue weighted by Gasteiger charge is -2.13. The number of nitrogens with one attached hydrogen (secondary N) is 2. The summed E-state index contributed by atoms with van der Waals surface area (Å²) < 4.78 is 27.4. The Hall–Kier alpha value is -2.62. The third-order valence-electron chi connectivity index (χ3n) is 3.80. The Balaban J connectivity index is 1.70. The lowest BCUT2D eigenvalue weighted by atomic mass is 10.1. The van der Waals surface area contributed by atoms with Crippen LogP contribution in [0.25, 0.3) is 0 Å². The van der Waals surface area contributed by atoms with Crippen LogP contribution in [0.4, 0.5) is 5.13 Å². The molecule has 0 saturated carbocycles. The van der Waals surface area contributed by atoms with Gasteiger partial charge in [0.1, 0.15) is 0 Å². The Morgan fingerprint density at radius 1 is 1.04 bits per heavy atom. The zero-order valence-electron chi connectivity index (χ0n) is 14.7. The number of carbonyl (C=O) groups is 1. The van der Waals surface area contributed by atoms with Gasteiger partial charge in [0, 0.05) is 11.6 Å². The highest BCUT2D eigenvalue weighted by molar-refractivity contribution is 7.91. The topological polar surface area (TPSA) is 101 Å². The van der Waals surface area contributed by atoms with Crippen molar-refractivity contribution in [1.82, 2.24) is 14.9 Å². The van der Waals surface area contributed by atoms with E-state index in [2.05, 4.69) is 20.2 Å². The molecule has 0 radical (unpaired) electrons. The first-order valence-corrected chi connectivity index (χ1v) is 10.4. The molecule has 3 rings (SSSR count). The predicted molar refractivity (Wildman–Crippen MR) is 104 cm³/mol. The van der Waals surface area contributed by atoms with Gasteiger partial charge in [-0.2, -0.15) is 0 Å².